The summed E-state index contributed by atoms with van der Waals surface area (Å²) in [5.41, 5.74) is 2.99. The second kappa shape index (κ2) is 4.38. The Kier molecular flexibility index (Phi) is 2.42. The normalized spacial score (nSPS) is 11.0. The molecule has 20 heavy (non-hydrogen) atoms. The first-order valence-corrected chi connectivity index (χ1v) is 6.50. The molecule has 0 aliphatic carbocycles. The number of hydrogen-bond donors (Lipinski definition) is 0. The van der Waals surface area contributed by atoms with Gasteiger partial charge in [-0.1, -0.05) is 36.4 Å². The molecule has 0 saturated carbocycles. The van der Waals surface area contributed by atoms with Gasteiger partial charge in [-0.3, -0.25) is 0 Å². The van der Waals surface area contributed by atoms with Crippen molar-refractivity contribution in [3.05, 3.63) is 73.0 Å². The van der Waals surface area contributed by atoms with Crippen LogP contribution in [0.25, 0.3) is 28.0 Å². The maximum atomic E-state index is 5.50. The fourth-order valence-electron chi connectivity index (χ4n) is 2.43. The predicted octanol–water partition coefficient (Wildman–Crippen LogP) is 4.29. The van der Waals surface area contributed by atoms with Crippen LogP contribution in [0.2, 0.25) is 0 Å². The lowest BCUT2D eigenvalue weighted by molar-refractivity contribution is 0.579. The molecular formula is C17H12N2O. The van der Waals surface area contributed by atoms with Gasteiger partial charge in [-0.25, -0.2) is 4.68 Å². The minimum Gasteiger partial charge on any atom is -0.463 e. The van der Waals surface area contributed by atoms with Gasteiger partial charge < -0.3 is 4.42 Å². The van der Waals surface area contributed by atoms with E-state index in [-0.39, 0.29) is 0 Å². The zero-order chi connectivity index (χ0) is 13.4. The van der Waals surface area contributed by atoms with Crippen molar-refractivity contribution in [1.29, 1.82) is 0 Å². The second-order valence-corrected chi connectivity index (χ2v) is 4.59. The quantitative estimate of drug-likeness (QED) is 0.538. The first-order chi connectivity index (χ1) is 9.93. The second-order valence-electron chi connectivity index (χ2n) is 4.59. The molecule has 0 radical (unpaired) electrons. The number of fused-ring (bicyclic) bond motifs is 1. The number of aromatic nitrogens is 2. The first-order valence-electron chi connectivity index (χ1n) is 6.50. The van der Waals surface area contributed by atoms with Crippen molar-refractivity contribution in [3.8, 4) is 17.1 Å². The molecular weight excluding hydrogens is 248 g/mol. The van der Waals surface area contributed by atoms with Crippen molar-refractivity contribution in [2.75, 3.05) is 0 Å². The summed E-state index contributed by atoms with van der Waals surface area (Å²) in [5, 5.41) is 5.81. The Morgan fingerprint density at radius 2 is 1.60 bits per heavy atom. The van der Waals surface area contributed by atoms with Crippen LogP contribution in [-0.2, 0) is 0 Å². The van der Waals surface area contributed by atoms with Gasteiger partial charge in [-0.05, 0) is 30.3 Å². The SMILES string of the molecule is c1ccc(-n2nc(-c3ccco3)c3ccccc32)cc1. The Balaban J connectivity index is 2.04. The monoisotopic (exact) mass is 260 g/mol. The topological polar surface area (TPSA) is 31.0 Å². The molecule has 0 N–H and O–H groups in total. The summed E-state index contributed by atoms with van der Waals surface area (Å²) < 4.78 is 7.45. The Morgan fingerprint density at radius 1 is 0.800 bits per heavy atom. The molecule has 0 atom stereocenters. The highest BCUT2D eigenvalue weighted by Gasteiger charge is 2.14. The Hall–Kier alpha value is -2.81. The summed E-state index contributed by atoms with van der Waals surface area (Å²) in [6.45, 7) is 0. The van der Waals surface area contributed by atoms with Crippen LogP contribution in [0.5, 0.6) is 0 Å². The molecule has 96 valence electrons. The standard InChI is InChI=1S/C17H12N2O/c1-2-7-13(8-3-1)19-15-10-5-4-9-14(15)17(18-19)16-11-6-12-20-16/h1-12H. The molecule has 0 aliphatic heterocycles. The Bertz CT molecular complexity index is 845. The molecule has 0 amide bonds. The van der Waals surface area contributed by atoms with Crippen LogP contribution in [0.3, 0.4) is 0 Å². The number of benzene rings is 2. The number of para-hydroxylation sites is 2. The van der Waals surface area contributed by atoms with Crippen LogP contribution in [-0.4, -0.2) is 9.78 Å². The lowest BCUT2D eigenvalue weighted by atomic mass is 10.2. The number of rotatable bonds is 2. The molecule has 0 fully saturated rings. The van der Waals surface area contributed by atoms with Gasteiger partial charge in [0.2, 0.25) is 0 Å². The van der Waals surface area contributed by atoms with Gasteiger partial charge in [0.25, 0.3) is 0 Å². The molecule has 4 aromatic rings. The fraction of sp³-hybridized carbons (Fsp3) is 0. The molecule has 3 nitrogen and oxygen atoms in total. The van der Waals surface area contributed by atoms with Gasteiger partial charge in [0.15, 0.2) is 5.76 Å². The lowest BCUT2D eigenvalue weighted by Gasteiger charge is -2.01. The van der Waals surface area contributed by atoms with E-state index < -0.39 is 0 Å². The molecule has 2 aromatic carbocycles. The van der Waals surface area contributed by atoms with Crippen molar-refractivity contribution in [1.82, 2.24) is 9.78 Å². The lowest BCUT2D eigenvalue weighted by Crippen LogP contribution is -1.95. The van der Waals surface area contributed by atoms with Gasteiger partial charge in [0, 0.05) is 5.39 Å². The van der Waals surface area contributed by atoms with Crippen LogP contribution in [0.4, 0.5) is 0 Å². The van der Waals surface area contributed by atoms with Crippen molar-refractivity contribution >= 4 is 10.9 Å². The average Bonchev–Trinajstić information content (AvgIpc) is 3.15. The van der Waals surface area contributed by atoms with E-state index in [1.807, 2.05) is 59.3 Å². The van der Waals surface area contributed by atoms with E-state index in [0.717, 1.165) is 28.0 Å². The van der Waals surface area contributed by atoms with Crippen LogP contribution < -0.4 is 0 Å². The van der Waals surface area contributed by atoms with E-state index in [4.69, 9.17) is 9.52 Å². The zero-order valence-electron chi connectivity index (χ0n) is 10.7. The van der Waals surface area contributed by atoms with Gasteiger partial charge in [-0.15, -0.1) is 0 Å². The summed E-state index contributed by atoms with van der Waals surface area (Å²) in [7, 11) is 0. The fourth-order valence-corrected chi connectivity index (χ4v) is 2.43. The maximum Gasteiger partial charge on any atom is 0.154 e. The number of furan rings is 1. The summed E-state index contributed by atoms with van der Waals surface area (Å²) >= 11 is 0. The third-order valence-electron chi connectivity index (χ3n) is 3.34. The highest BCUT2D eigenvalue weighted by Crippen LogP contribution is 2.29. The summed E-state index contributed by atoms with van der Waals surface area (Å²) in [5.74, 6) is 0.788. The van der Waals surface area contributed by atoms with Crippen molar-refractivity contribution in [3.63, 3.8) is 0 Å². The summed E-state index contributed by atoms with van der Waals surface area (Å²) in [4.78, 5) is 0. The van der Waals surface area contributed by atoms with Gasteiger partial charge in [0.1, 0.15) is 5.69 Å². The Labute approximate surface area is 116 Å². The van der Waals surface area contributed by atoms with Crippen molar-refractivity contribution in [2.24, 2.45) is 0 Å². The minimum absolute atomic E-state index is 0.788. The summed E-state index contributed by atoms with van der Waals surface area (Å²) in [6.07, 6.45) is 1.67. The number of hydrogen-bond acceptors (Lipinski definition) is 2. The third kappa shape index (κ3) is 1.64. The molecule has 0 spiro atoms. The molecule has 0 bridgehead atoms. The largest absolute Gasteiger partial charge is 0.463 e. The van der Waals surface area contributed by atoms with E-state index >= 15 is 0 Å². The third-order valence-corrected chi connectivity index (χ3v) is 3.34. The molecule has 4 rings (SSSR count). The van der Waals surface area contributed by atoms with Crippen LogP contribution in [0, 0.1) is 0 Å². The average molecular weight is 260 g/mol. The zero-order valence-corrected chi connectivity index (χ0v) is 10.7. The van der Waals surface area contributed by atoms with E-state index in [9.17, 15) is 0 Å². The van der Waals surface area contributed by atoms with Gasteiger partial charge in [0.05, 0.1) is 17.5 Å². The molecule has 2 aromatic heterocycles. The summed E-state index contributed by atoms with van der Waals surface area (Å²) in [6, 6.07) is 22.1. The molecule has 3 heteroatoms. The van der Waals surface area contributed by atoms with Crippen LogP contribution >= 0.6 is 0 Å². The molecule has 0 saturated heterocycles. The predicted molar refractivity (Wildman–Crippen MR) is 78.8 cm³/mol. The van der Waals surface area contributed by atoms with Crippen LogP contribution in [0.15, 0.2) is 77.4 Å². The van der Waals surface area contributed by atoms with E-state index in [1.54, 1.807) is 6.26 Å². The smallest absolute Gasteiger partial charge is 0.154 e. The molecule has 2 heterocycles. The van der Waals surface area contributed by atoms with Crippen molar-refractivity contribution in [2.45, 2.75) is 0 Å². The molecule has 0 aliphatic rings. The van der Waals surface area contributed by atoms with Crippen molar-refractivity contribution < 1.29 is 4.42 Å². The highest BCUT2D eigenvalue weighted by molar-refractivity contribution is 5.92. The Morgan fingerprint density at radius 3 is 2.40 bits per heavy atom. The minimum atomic E-state index is 0.788. The number of nitrogens with zero attached hydrogens (tertiary/aromatic N) is 2. The van der Waals surface area contributed by atoms with Crippen LogP contribution in [0.1, 0.15) is 0 Å². The van der Waals surface area contributed by atoms with Gasteiger partial charge >= 0.3 is 0 Å². The van der Waals surface area contributed by atoms with Gasteiger partial charge in [-0.2, -0.15) is 5.10 Å². The van der Waals surface area contributed by atoms with E-state index in [2.05, 4.69) is 12.1 Å². The highest BCUT2D eigenvalue weighted by atomic mass is 16.3. The van der Waals surface area contributed by atoms with E-state index in [1.165, 1.54) is 0 Å². The van der Waals surface area contributed by atoms with E-state index in [0.29, 0.717) is 0 Å². The first kappa shape index (κ1) is 11.1. The molecule has 0 unspecified atom stereocenters. The maximum absolute atomic E-state index is 5.50.